The van der Waals surface area contributed by atoms with Crippen LogP contribution in [0.2, 0.25) is 0 Å². The highest BCUT2D eigenvalue weighted by molar-refractivity contribution is 6.22. The van der Waals surface area contributed by atoms with Crippen LogP contribution in [-0.4, -0.2) is 0 Å². The first-order chi connectivity index (χ1) is 24.1. The largest absolute Gasteiger partial charge is 0.354 e. The molecular weight excluding hydrogens is 593 g/mol. The van der Waals surface area contributed by atoms with E-state index in [9.17, 15) is 0 Å². The maximum absolute atomic E-state index is 4.00. The normalized spacial score (nSPS) is 12.9. The van der Waals surface area contributed by atoms with Gasteiger partial charge in [-0.15, -0.1) is 0 Å². The second-order valence-corrected chi connectivity index (χ2v) is 13.5. The zero-order valence-electron chi connectivity index (χ0n) is 27.7. The van der Waals surface area contributed by atoms with E-state index in [4.69, 9.17) is 0 Å². The van der Waals surface area contributed by atoms with E-state index in [0.29, 0.717) is 0 Å². The maximum Gasteiger partial charge on any atom is 0.0545 e. The SMILES string of the molecule is CC1(C)c2ccccc2-c2cc3c(Nc4ccccc4-c4ccccc4)c4ccccc4c(Nc4ccccc4-c4ccccc4)c3cc21. The van der Waals surface area contributed by atoms with Gasteiger partial charge in [0.05, 0.1) is 11.4 Å². The molecule has 0 fully saturated rings. The molecule has 0 unspecified atom stereocenters. The average molecular weight is 629 g/mol. The molecule has 2 nitrogen and oxygen atoms in total. The third kappa shape index (κ3) is 4.79. The van der Waals surface area contributed by atoms with Crippen molar-refractivity contribution in [2.45, 2.75) is 19.3 Å². The molecule has 0 aliphatic heterocycles. The summed E-state index contributed by atoms with van der Waals surface area (Å²) in [5, 5.41) is 12.7. The summed E-state index contributed by atoms with van der Waals surface area (Å²) in [4.78, 5) is 0. The highest BCUT2D eigenvalue weighted by Gasteiger charge is 2.36. The first-order valence-electron chi connectivity index (χ1n) is 17.0. The van der Waals surface area contributed by atoms with Crippen LogP contribution in [0.3, 0.4) is 0 Å². The predicted octanol–water partition coefficient (Wildman–Crippen LogP) is 13.1. The fraction of sp³-hybridized carbons (Fsp3) is 0.0638. The van der Waals surface area contributed by atoms with Gasteiger partial charge >= 0.3 is 0 Å². The van der Waals surface area contributed by atoms with Crippen LogP contribution in [0.25, 0.3) is 54.9 Å². The fourth-order valence-corrected chi connectivity index (χ4v) is 7.83. The Labute approximate surface area is 287 Å². The van der Waals surface area contributed by atoms with Crippen LogP contribution in [0.1, 0.15) is 25.0 Å². The summed E-state index contributed by atoms with van der Waals surface area (Å²) < 4.78 is 0. The molecule has 2 N–H and O–H groups in total. The molecule has 0 atom stereocenters. The quantitative estimate of drug-likeness (QED) is 0.141. The third-order valence-electron chi connectivity index (χ3n) is 10.3. The minimum atomic E-state index is -0.127. The van der Waals surface area contributed by atoms with Crippen LogP contribution in [0.4, 0.5) is 22.7 Å². The maximum atomic E-state index is 4.00. The number of fused-ring (bicyclic) bond motifs is 5. The van der Waals surface area contributed by atoms with Gasteiger partial charge in [0.15, 0.2) is 0 Å². The van der Waals surface area contributed by atoms with Gasteiger partial charge in [0.25, 0.3) is 0 Å². The van der Waals surface area contributed by atoms with E-state index >= 15 is 0 Å². The number of hydrogen-bond acceptors (Lipinski definition) is 2. The molecule has 1 aliphatic rings. The Hall–Kier alpha value is -6.12. The van der Waals surface area contributed by atoms with E-state index in [-0.39, 0.29) is 5.41 Å². The zero-order valence-corrected chi connectivity index (χ0v) is 27.7. The van der Waals surface area contributed by atoms with Crippen molar-refractivity contribution in [2.24, 2.45) is 0 Å². The predicted molar refractivity (Wildman–Crippen MR) is 209 cm³/mol. The Bertz CT molecular complexity index is 2510. The Morgan fingerprint density at radius 1 is 0.347 bits per heavy atom. The monoisotopic (exact) mass is 628 g/mol. The lowest BCUT2D eigenvalue weighted by Crippen LogP contribution is -2.15. The number of benzene rings is 8. The molecule has 9 rings (SSSR count). The Morgan fingerprint density at radius 3 is 1.33 bits per heavy atom. The van der Waals surface area contributed by atoms with E-state index in [1.807, 2.05) is 0 Å². The second-order valence-electron chi connectivity index (χ2n) is 13.5. The van der Waals surface area contributed by atoms with Crippen molar-refractivity contribution in [1.82, 2.24) is 0 Å². The molecule has 49 heavy (non-hydrogen) atoms. The van der Waals surface area contributed by atoms with E-state index < -0.39 is 0 Å². The highest BCUT2D eigenvalue weighted by atomic mass is 14.9. The van der Waals surface area contributed by atoms with Crippen LogP contribution in [0.5, 0.6) is 0 Å². The van der Waals surface area contributed by atoms with Gasteiger partial charge in [0.1, 0.15) is 0 Å². The molecule has 0 saturated heterocycles. The molecule has 0 aromatic heterocycles. The van der Waals surface area contributed by atoms with Crippen molar-refractivity contribution < 1.29 is 0 Å². The Morgan fingerprint density at radius 2 is 0.776 bits per heavy atom. The molecule has 0 saturated carbocycles. The topological polar surface area (TPSA) is 24.1 Å². The van der Waals surface area contributed by atoms with Gasteiger partial charge in [0, 0.05) is 49.5 Å². The minimum Gasteiger partial charge on any atom is -0.354 e. The lowest BCUT2D eigenvalue weighted by atomic mass is 9.81. The summed E-state index contributed by atoms with van der Waals surface area (Å²) >= 11 is 0. The highest BCUT2D eigenvalue weighted by Crippen LogP contribution is 2.53. The van der Waals surface area contributed by atoms with Crippen molar-refractivity contribution >= 4 is 44.3 Å². The molecule has 0 bridgehead atoms. The van der Waals surface area contributed by atoms with E-state index in [1.165, 1.54) is 66.1 Å². The molecule has 0 heterocycles. The fourth-order valence-electron chi connectivity index (χ4n) is 7.83. The summed E-state index contributed by atoms with van der Waals surface area (Å²) in [5.74, 6) is 0. The first kappa shape index (κ1) is 29.1. The van der Waals surface area contributed by atoms with E-state index in [2.05, 4.69) is 194 Å². The third-order valence-corrected chi connectivity index (χ3v) is 10.3. The summed E-state index contributed by atoms with van der Waals surface area (Å²) in [5.41, 5.74) is 14.3. The Kier molecular flexibility index (Phi) is 6.84. The van der Waals surface area contributed by atoms with Gasteiger partial charge < -0.3 is 10.6 Å². The molecule has 0 amide bonds. The van der Waals surface area contributed by atoms with E-state index in [0.717, 1.165) is 22.7 Å². The summed E-state index contributed by atoms with van der Waals surface area (Å²) in [6.45, 7) is 4.72. The second kappa shape index (κ2) is 11.5. The van der Waals surface area contributed by atoms with Gasteiger partial charge in [-0.1, -0.05) is 159 Å². The van der Waals surface area contributed by atoms with Gasteiger partial charge in [-0.3, -0.25) is 0 Å². The van der Waals surface area contributed by atoms with Gasteiger partial charge in [-0.05, 0) is 57.6 Å². The van der Waals surface area contributed by atoms with Crippen LogP contribution in [0.15, 0.2) is 170 Å². The molecule has 8 aromatic rings. The van der Waals surface area contributed by atoms with Crippen molar-refractivity contribution in [1.29, 1.82) is 0 Å². The lowest BCUT2D eigenvalue weighted by Gasteiger charge is -2.25. The summed E-state index contributed by atoms with van der Waals surface area (Å²) in [6, 6.07) is 61.2. The van der Waals surface area contributed by atoms with Gasteiger partial charge in [-0.2, -0.15) is 0 Å². The van der Waals surface area contributed by atoms with Gasteiger partial charge in [0.2, 0.25) is 0 Å². The number of anilines is 4. The standard InChI is InChI=1S/C47H36N2/c1-47(2)41-26-14-11-23-35(41)38-29-39-40(30-42(38)47)46(49-44-28-16-13-22-34(44)32-19-7-4-8-20-32)37-25-10-9-24-36(37)45(39)48-43-27-15-12-21-33(43)31-17-5-3-6-18-31/h3-30,48-49H,1-2H3. The molecule has 2 heteroatoms. The van der Waals surface area contributed by atoms with Crippen LogP contribution in [0, 0.1) is 0 Å². The van der Waals surface area contributed by atoms with Crippen LogP contribution in [-0.2, 0) is 5.41 Å². The number of nitrogens with one attached hydrogen (secondary N) is 2. The summed E-state index contributed by atoms with van der Waals surface area (Å²) in [7, 11) is 0. The molecule has 234 valence electrons. The number of hydrogen-bond donors (Lipinski definition) is 2. The van der Waals surface area contributed by atoms with Crippen molar-refractivity contribution in [3.8, 4) is 33.4 Å². The Balaban J connectivity index is 1.33. The molecule has 1 aliphatic carbocycles. The lowest BCUT2D eigenvalue weighted by molar-refractivity contribution is 0.661. The molecule has 0 spiro atoms. The van der Waals surface area contributed by atoms with Crippen LogP contribution < -0.4 is 10.6 Å². The number of para-hydroxylation sites is 2. The van der Waals surface area contributed by atoms with E-state index in [1.54, 1.807) is 0 Å². The molecular formula is C47H36N2. The zero-order chi connectivity index (χ0) is 33.0. The summed E-state index contributed by atoms with van der Waals surface area (Å²) in [6.07, 6.45) is 0. The smallest absolute Gasteiger partial charge is 0.0545 e. The molecule has 8 aromatic carbocycles. The first-order valence-corrected chi connectivity index (χ1v) is 17.0. The van der Waals surface area contributed by atoms with Gasteiger partial charge in [-0.25, -0.2) is 0 Å². The minimum absolute atomic E-state index is 0.127. The number of rotatable bonds is 6. The van der Waals surface area contributed by atoms with Crippen molar-refractivity contribution in [3.63, 3.8) is 0 Å². The van der Waals surface area contributed by atoms with Crippen molar-refractivity contribution in [3.05, 3.63) is 181 Å². The van der Waals surface area contributed by atoms with Crippen molar-refractivity contribution in [2.75, 3.05) is 10.6 Å². The van der Waals surface area contributed by atoms with Crippen LogP contribution >= 0.6 is 0 Å². The molecule has 0 radical (unpaired) electrons. The average Bonchev–Trinajstić information content (AvgIpc) is 3.38.